The van der Waals surface area contributed by atoms with Gasteiger partial charge in [0, 0.05) is 40.1 Å². The molecule has 0 aliphatic carbocycles. The van der Waals surface area contributed by atoms with Crippen LogP contribution in [-0.4, -0.2) is 30.8 Å². The van der Waals surface area contributed by atoms with Gasteiger partial charge in [-0.2, -0.15) is 18.3 Å². The number of hydrogen-bond donors (Lipinski definition) is 2. The van der Waals surface area contributed by atoms with Crippen molar-refractivity contribution in [1.82, 2.24) is 24.6 Å². The number of halogens is 5. The molecule has 0 bridgehead atoms. The summed E-state index contributed by atoms with van der Waals surface area (Å²) in [6.45, 7) is 1.91. The van der Waals surface area contributed by atoms with E-state index in [0.29, 0.717) is 33.2 Å². The standard InChI is InChI=1S/C23H19BrF4N8/c1-2-14(12(7-29)8-31-16-6-4-3-5-15(16)25)19-18(24)17(20-21(30)34-11-35-36(19)20)13-9-32-22(33-10-13)23(26,27)28/h3-11,14H,2,29H2,1H3,(H2,30,34,35). The third-order valence-corrected chi connectivity index (χ3v) is 6.26. The normalized spacial score (nSPS) is 13.6. The zero-order chi connectivity index (χ0) is 26.0. The molecule has 0 saturated carbocycles. The molecule has 3 heterocycles. The summed E-state index contributed by atoms with van der Waals surface area (Å²) < 4.78 is 55.1. The number of benzene rings is 1. The fourth-order valence-electron chi connectivity index (χ4n) is 3.81. The van der Waals surface area contributed by atoms with Gasteiger partial charge in [0.15, 0.2) is 5.82 Å². The van der Waals surface area contributed by atoms with Crippen LogP contribution in [0.4, 0.5) is 29.1 Å². The van der Waals surface area contributed by atoms with E-state index >= 15 is 0 Å². The third kappa shape index (κ3) is 4.65. The average molecular weight is 563 g/mol. The molecular formula is C23H19BrF4N8. The molecule has 0 aliphatic rings. The predicted octanol–water partition coefficient (Wildman–Crippen LogP) is 5.43. The van der Waals surface area contributed by atoms with Crippen LogP contribution >= 0.6 is 15.9 Å². The Morgan fingerprint density at radius 1 is 1.19 bits per heavy atom. The molecule has 3 aromatic heterocycles. The maximum Gasteiger partial charge on any atom is 0.451 e. The minimum absolute atomic E-state index is 0.0972. The maximum atomic E-state index is 14.1. The minimum atomic E-state index is -4.68. The van der Waals surface area contributed by atoms with Gasteiger partial charge in [-0.15, -0.1) is 0 Å². The van der Waals surface area contributed by atoms with E-state index in [2.05, 4.69) is 41.0 Å². The molecule has 0 amide bonds. The lowest BCUT2D eigenvalue weighted by atomic mass is 9.93. The van der Waals surface area contributed by atoms with Crippen LogP contribution < -0.4 is 11.5 Å². The second-order valence-electron chi connectivity index (χ2n) is 7.61. The number of aliphatic imine (C=N–C) groups is 1. The number of alkyl halides is 3. The maximum absolute atomic E-state index is 14.1. The van der Waals surface area contributed by atoms with Crippen molar-refractivity contribution in [2.45, 2.75) is 25.4 Å². The quantitative estimate of drug-likeness (QED) is 0.239. The Balaban J connectivity index is 1.87. The van der Waals surface area contributed by atoms with Crippen molar-refractivity contribution in [2.24, 2.45) is 10.7 Å². The molecule has 1 aromatic carbocycles. The van der Waals surface area contributed by atoms with Crippen molar-refractivity contribution >= 4 is 39.2 Å². The third-order valence-electron chi connectivity index (χ3n) is 5.46. The van der Waals surface area contributed by atoms with E-state index in [1.807, 2.05) is 6.92 Å². The molecule has 0 spiro atoms. The largest absolute Gasteiger partial charge is 0.451 e. The number of nitrogen functional groups attached to an aromatic ring is 1. The van der Waals surface area contributed by atoms with Gasteiger partial charge in [-0.05, 0) is 46.3 Å². The van der Waals surface area contributed by atoms with Crippen LogP contribution in [0, 0.1) is 5.82 Å². The number of aromatic nitrogens is 5. The first kappa shape index (κ1) is 25.2. The predicted molar refractivity (Wildman–Crippen MR) is 131 cm³/mol. The average Bonchev–Trinajstić information content (AvgIpc) is 3.15. The smallest absolute Gasteiger partial charge is 0.404 e. The summed E-state index contributed by atoms with van der Waals surface area (Å²) in [4.78, 5) is 15.2. The van der Waals surface area contributed by atoms with E-state index in [1.54, 1.807) is 12.1 Å². The summed E-state index contributed by atoms with van der Waals surface area (Å²) in [5.74, 6) is -2.07. The Morgan fingerprint density at radius 2 is 1.89 bits per heavy atom. The van der Waals surface area contributed by atoms with Crippen LogP contribution in [0.3, 0.4) is 0 Å². The molecule has 0 aliphatic heterocycles. The number of allylic oxidation sites excluding steroid dienone is 1. The molecule has 186 valence electrons. The van der Waals surface area contributed by atoms with E-state index in [0.717, 1.165) is 12.4 Å². The van der Waals surface area contributed by atoms with E-state index in [9.17, 15) is 17.6 Å². The lowest BCUT2D eigenvalue weighted by Gasteiger charge is -2.16. The summed E-state index contributed by atoms with van der Waals surface area (Å²) in [5, 5.41) is 4.33. The van der Waals surface area contributed by atoms with Crippen LogP contribution in [0.15, 0.2) is 64.2 Å². The van der Waals surface area contributed by atoms with E-state index in [-0.39, 0.29) is 17.1 Å². The summed E-state index contributed by atoms with van der Waals surface area (Å²) in [6.07, 6.45) is 2.04. The van der Waals surface area contributed by atoms with Gasteiger partial charge in [0.05, 0.1) is 11.4 Å². The topological polar surface area (TPSA) is 120 Å². The molecule has 0 radical (unpaired) electrons. The van der Waals surface area contributed by atoms with Crippen LogP contribution in [-0.2, 0) is 6.18 Å². The van der Waals surface area contributed by atoms with Gasteiger partial charge in [-0.1, -0.05) is 19.1 Å². The van der Waals surface area contributed by atoms with Gasteiger partial charge >= 0.3 is 6.18 Å². The van der Waals surface area contributed by atoms with Crippen molar-refractivity contribution in [3.8, 4) is 11.1 Å². The van der Waals surface area contributed by atoms with Crippen molar-refractivity contribution < 1.29 is 17.6 Å². The fourth-order valence-corrected chi connectivity index (χ4v) is 4.67. The van der Waals surface area contributed by atoms with E-state index in [4.69, 9.17) is 11.5 Å². The number of hydrogen-bond acceptors (Lipinski definition) is 7. The van der Waals surface area contributed by atoms with Gasteiger partial charge in [-0.3, -0.25) is 4.99 Å². The molecule has 4 aromatic rings. The number of nitrogens with two attached hydrogens (primary N) is 2. The first-order valence-electron chi connectivity index (χ1n) is 10.6. The number of anilines is 1. The number of para-hydroxylation sites is 1. The lowest BCUT2D eigenvalue weighted by molar-refractivity contribution is -0.144. The molecule has 1 unspecified atom stereocenters. The molecule has 0 saturated heterocycles. The SMILES string of the molecule is CCC(C(C=Nc1ccccc1F)=CN)c1c(Br)c(-c2cnc(C(F)(F)F)nc2)c2c(N)ncnn12. The monoisotopic (exact) mass is 562 g/mol. The van der Waals surface area contributed by atoms with Crippen LogP contribution in [0.5, 0.6) is 0 Å². The second kappa shape index (κ2) is 10.0. The first-order chi connectivity index (χ1) is 17.2. The minimum Gasteiger partial charge on any atom is -0.404 e. The number of rotatable bonds is 6. The number of nitrogens with zero attached hydrogens (tertiary/aromatic N) is 6. The summed E-state index contributed by atoms with van der Waals surface area (Å²) in [6, 6.07) is 6.04. The van der Waals surface area contributed by atoms with Crippen molar-refractivity contribution in [2.75, 3.05) is 5.73 Å². The summed E-state index contributed by atoms with van der Waals surface area (Å²) in [5.41, 5.74) is 14.4. The van der Waals surface area contributed by atoms with Crippen LogP contribution in [0.25, 0.3) is 16.6 Å². The second-order valence-corrected chi connectivity index (χ2v) is 8.40. The van der Waals surface area contributed by atoms with Crippen molar-refractivity contribution in [3.63, 3.8) is 0 Å². The molecule has 8 nitrogen and oxygen atoms in total. The van der Waals surface area contributed by atoms with E-state index in [1.165, 1.54) is 35.4 Å². The Bertz CT molecular complexity index is 1460. The van der Waals surface area contributed by atoms with Crippen molar-refractivity contribution in [3.05, 3.63) is 76.6 Å². The van der Waals surface area contributed by atoms with Crippen LogP contribution in [0.1, 0.15) is 30.8 Å². The van der Waals surface area contributed by atoms with Gasteiger partial charge in [0.1, 0.15) is 17.7 Å². The highest BCUT2D eigenvalue weighted by atomic mass is 79.9. The van der Waals surface area contributed by atoms with Crippen LogP contribution in [0.2, 0.25) is 0 Å². The van der Waals surface area contributed by atoms with Gasteiger partial charge in [0.25, 0.3) is 0 Å². The number of fused-ring (bicyclic) bond motifs is 1. The molecule has 4 rings (SSSR count). The van der Waals surface area contributed by atoms with Gasteiger partial charge in [-0.25, -0.2) is 23.9 Å². The molecule has 1 atom stereocenters. The molecule has 0 fully saturated rings. The lowest BCUT2D eigenvalue weighted by Crippen LogP contribution is -2.11. The molecule has 36 heavy (non-hydrogen) atoms. The van der Waals surface area contributed by atoms with Crippen molar-refractivity contribution in [1.29, 1.82) is 0 Å². The Morgan fingerprint density at radius 3 is 2.50 bits per heavy atom. The fraction of sp³-hybridized carbons (Fsp3) is 0.174. The van der Waals surface area contributed by atoms with E-state index < -0.39 is 23.7 Å². The Hall–Kier alpha value is -3.87. The Labute approximate surface area is 210 Å². The summed E-state index contributed by atoms with van der Waals surface area (Å²) in [7, 11) is 0. The molecule has 13 heteroatoms. The van der Waals surface area contributed by atoms with Gasteiger partial charge in [0.2, 0.25) is 5.82 Å². The summed E-state index contributed by atoms with van der Waals surface area (Å²) >= 11 is 3.58. The Kier molecular flexibility index (Phi) is 7.02. The zero-order valence-electron chi connectivity index (χ0n) is 18.7. The van der Waals surface area contributed by atoms with Gasteiger partial charge < -0.3 is 11.5 Å². The first-order valence-corrected chi connectivity index (χ1v) is 11.4. The highest BCUT2D eigenvalue weighted by Crippen LogP contribution is 2.43. The highest BCUT2D eigenvalue weighted by molar-refractivity contribution is 9.10. The molecular weight excluding hydrogens is 544 g/mol. The molecule has 4 N–H and O–H groups in total. The zero-order valence-corrected chi connectivity index (χ0v) is 20.3. The highest BCUT2D eigenvalue weighted by Gasteiger charge is 2.35.